The van der Waals surface area contributed by atoms with Crippen molar-refractivity contribution in [2.45, 2.75) is 38.1 Å². The Morgan fingerprint density at radius 1 is 1.19 bits per heavy atom. The highest BCUT2D eigenvalue weighted by molar-refractivity contribution is 7.91. The van der Waals surface area contributed by atoms with E-state index >= 15 is 0 Å². The van der Waals surface area contributed by atoms with E-state index in [1.165, 1.54) is 0 Å². The predicted molar refractivity (Wildman–Crippen MR) is 65.7 cm³/mol. The molecule has 1 aromatic carbocycles. The van der Waals surface area contributed by atoms with Crippen LogP contribution < -0.4 is 5.32 Å². The largest absolute Gasteiger partial charge is 0.378 e. The molecule has 16 heavy (non-hydrogen) atoms. The van der Waals surface area contributed by atoms with Gasteiger partial charge in [0.25, 0.3) is 0 Å². The minimum Gasteiger partial charge on any atom is -0.378 e. The lowest BCUT2D eigenvalue weighted by Gasteiger charge is -2.35. The van der Waals surface area contributed by atoms with Crippen LogP contribution in [0, 0.1) is 13.8 Å². The van der Waals surface area contributed by atoms with Crippen LogP contribution in [0.25, 0.3) is 0 Å². The average Bonchev–Trinajstić information content (AvgIpc) is 2.07. The van der Waals surface area contributed by atoms with E-state index in [9.17, 15) is 8.42 Å². The lowest BCUT2D eigenvalue weighted by Crippen LogP contribution is -2.43. The second-order valence-electron chi connectivity index (χ2n) is 5.17. The molecular weight excluding hydrogens is 222 g/mol. The molecule has 0 amide bonds. The monoisotopic (exact) mass is 239 g/mol. The van der Waals surface area contributed by atoms with E-state index in [1.54, 1.807) is 0 Å². The number of rotatable bonds is 0. The van der Waals surface area contributed by atoms with Crippen LogP contribution >= 0.6 is 0 Å². The first kappa shape index (κ1) is 11.5. The Labute approximate surface area is 96.8 Å². The van der Waals surface area contributed by atoms with Crippen molar-refractivity contribution in [1.82, 2.24) is 0 Å². The molecule has 0 unspecified atom stereocenters. The van der Waals surface area contributed by atoms with Gasteiger partial charge in [-0.2, -0.15) is 0 Å². The van der Waals surface area contributed by atoms with E-state index < -0.39 is 15.4 Å². The fraction of sp³-hybridized carbons (Fsp3) is 0.500. The maximum absolute atomic E-state index is 12.2. The van der Waals surface area contributed by atoms with E-state index in [1.807, 2.05) is 39.8 Å². The minimum absolute atomic E-state index is 0.150. The van der Waals surface area contributed by atoms with Crippen molar-refractivity contribution in [3.05, 3.63) is 23.3 Å². The lowest BCUT2D eigenvalue weighted by atomic mass is 10.0. The number of sulfone groups is 1. The third kappa shape index (κ3) is 1.71. The van der Waals surface area contributed by atoms with Gasteiger partial charge in [0.1, 0.15) is 0 Å². The number of aryl methyl sites for hydroxylation is 2. The molecule has 3 nitrogen and oxygen atoms in total. The highest BCUT2D eigenvalue weighted by Gasteiger charge is 2.36. The minimum atomic E-state index is -3.17. The Morgan fingerprint density at radius 2 is 1.75 bits per heavy atom. The van der Waals surface area contributed by atoms with Gasteiger partial charge in [-0.15, -0.1) is 0 Å². The molecule has 0 atom stereocenters. The molecule has 0 saturated carbocycles. The van der Waals surface area contributed by atoms with Gasteiger partial charge in [0.2, 0.25) is 0 Å². The third-order valence-corrected chi connectivity index (χ3v) is 5.14. The topological polar surface area (TPSA) is 46.2 Å². The summed E-state index contributed by atoms with van der Waals surface area (Å²) in [5.74, 6) is 0.150. The Balaban J connectivity index is 2.79. The highest BCUT2D eigenvalue weighted by atomic mass is 32.2. The van der Waals surface area contributed by atoms with Gasteiger partial charge in [0.15, 0.2) is 9.84 Å². The number of benzene rings is 1. The third-order valence-electron chi connectivity index (χ3n) is 2.89. The molecule has 0 spiro atoms. The molecular formula is C12H17NO2S. The zero-order valence-electron chi connectivity index (χ0n) is 10.1. The molecule has 1 N–H and O–H groups in total. The zero-order chi connectivity index (χ0) is 12.1. The molecule has 88 valence electrons. The van der Waals surface area contributed by atoms with Crippen molar-refractivity contribution in [2.75, 3.05) is 11.1 Å². The Bertz CT molecular complexity index is 544. The summed E-state index contributed by atoms with van der Waals surface area (Å²) in [4.78, 5) is 0.479. The van der Waals surface area contributed by atoms with Crippen LogP contribution in [0.1, 0.15) is 25.0 Å². The van der Waals surface area contributed by atoms with E-state index in [4.69, 9.17) is 0 Å². The van der Waals surface area contributed by atoms with Crippen LogP contribution in [-0.2, 0) is 9.84 Å². The highest BCUT2D eigenvalue weighted by Crippen LogP contribution is 2.37. The fourth-order valence-electron chi connectivity index (χ4n) is 2.26. The first-order chi connectivity index (χ1) is 7.23. The summed E-state index contributed by atoms with van der Waals surface area (Å²) in [7, 11) is -3.17. The summed E-state index contributed by atoms with van der Waals surface area (Å²) in [6.07, 6.45) is 0. The number of nitrogens with one attached hydrogen (secondary N) is 1. The van der Waals surface area contributed by atoms with Crippen LogP contribution in [0.5, 0.6) is 0 Å². The van der Waals surface area contributed by atoms with Gasteiger partial charge in [-0.1, -0.05) is 12.1 Å². The van der Waals surface area contributed by atoms with Gasteiger partial charge in [0.05, 0.1) is 16.3 Å². The maximum Gasteiger partial charge on any atom is 0.182 e. The first-order valence-corrected chi connectivity index (χ1v) is 6.99. The summed E-state index contributed by atoms with van der Waals surface area (Å²) in [5.41, 5.74) is 2.18. The standard InChI is InChI=1S/C12H17NO2S/c1-8-5-6-9(2)11-10(8)13-12(3,4)7-16(11,14)15/h5-6,13H,7H2,1-4H3. The average molecular weight is 239 g/mol. The number of hydrogen-bond acceptors (Lipinski definition) is 3. The lowest BCUT2D eigenvalue weighted by molar-refractivity contribution is 0.555. The van der Waals surface area contributed by atoms with Gasteiger partial charge in [-0.25, -0.2) is 8.42 Å². The van der Waals surface area contributed by atoms with Crippen molar-refractivity contribution in [1.29, 1.82) is 0 Å². The number of fused-ring (bicyclic) bond motifs is 1. The molecule has 0 saturated heterocycles. The second kappa shape index (κ2) is 3.23. The summed E-state index contributed by atoms with van der Waals surface area (Å²) >= 11 is 0. The smallest absolute Gasteiger partial charge is 0.182 e. The fourth-order valence-corrected chi connectivity index (χ4v) is 4.51. The van der Waals surface area contributed by atoms with Gasteiger partial charge >= 0.3 is 0 Å². The molecule has 2 rings (SSSR count). The zero-order valence-corrected chi connectivity index (χ0v) is 10.9. The molecule has 1 heterocycles. The van der Waals surface area contributed by atoms with E-state index in [0.717, 1.165) is 16.8 Å². The van der Waals surface area contributed by atoms with Crippen molar-refractivity contribution >= 4 is 15.5 Å². The Kier molecular flexibility index (Phi) is 2.31. The number of hydrogen-bond donors (Lipinski definition) is 1. The van der Waals surface area contributed by atoms with Crippen LogP contribution in [-0.4, -0.2) is 19.7 Å². The van der Waals surface area contributed by atoms with Gasteiger partial charge < -0.3 is 5.32 Å². The summed E-state index contributed by atoms with van der Waals surface area (Å²) in [5, 5.41) is 3.32. The Morgan fingerprint density at radius 3 is 2.38 bits per heavy atom. The molecule has 0 bridgehead atoms. The predicted octanol–water partition coefficient (Wildman–Crippen LogP) is 2.28. The van der Waals surface area contributed by atoms with E-state index in [-0.39, 0.29) is 5.75 Å². The maximum atomic E-state index is 12.2. The van der Waals surface area contributed by atoms with Crippen molar-refractivity contribution < 1.29 is 8.42 Å². The van der Waals surface area contributed by atoms with Crippen LogP contribution in [0.3, 0.4) is 0 Å². The summed E-state index contributed by atoms with van der Waals surface area (Å²) in [6.45, 7) is 7.60. The summed E-state index contributed by atoms with van der Waals surface area (Å²) in [6, 6.07) is 3.82. The number of anilines is 1. The second-order valence-corrected chi connectivity index (χ2v) is 7.10. The first-order valence-electron chi connectivity index (χ1n) is 5.34. The van der Waals surface area contributed by atoms with Crippen LogP contribution in [0.15, 0.2) is 17.0 Å². The molecule has 0 aromatic heterocycles. The molecule has 0 fully saturated rings. The van der Waals surface area contributed by atoms with Crippen LogP contribution in [0.4, 0.5) is 5.69 Å². The van der Waals surface area contributed by atoms with Gasteiger partial charge in [0, 0.05) is 5.54 Å². The van der Waals surface area contributed by atoms with Gasteiger partial charge in [-0.3, -0.25) is 0 Å². The SMILES string of the molecule is Cc1ccc(C)c2c1NC(C)(C)CS2(=O)=O. The van der Waals surface area contributed by atoms with Crippen LogP contribution in [0.2, 0.25) is 0 Å². The van der Waals surface area contributed by atoms with Gasteiger partial charge in [-0.05, 0) is 38.8 Å². The normalized spacial score (nSPS) is 21.0. The molecule has 1 aromatic rings. The van der Waals surface area contributed by atoms with E-state index in [2.05, 4.69) is 5.32 Å². The molecule has 1 aliphatic rings. The quantitative estimate of drug-likeness (QED) is 0.755. The van der Waals surface area contributed by atoms with Crippen molar-refractivity contribution in [3.63, 3.8) is 0 Å². The molecule has 4 heteroatoms. The molecule has 0 aliphatic carbocycles. The van der Waals surface area contributed by atoms with Crippen molar-refractivity contribution in [3.8, 4) is 0 Å². The Hall–Kier alpha value is -1.03. The summed E-state index contributed by atoms with van der Waals surface area (Å²) < 4.78 is 24.4. The molecule has 1 aliphatic heterocycles. The van der Waals surface area contributed by atoms with Crippen molar-refractivity contribution in [2.24, 2.45) is 0 Å². The molecule has 0 radical (unpaired) electrons. The van der Waals surface area contributed by atoms with E-state index in [0.29, 0.717) is 4.90 Å².